The van der Waals surface area contributed by atoms with Crippen LogP contribution in [0.5, 0.6) is 0 Å². The minimum Gasteiger partial charge on any atom is -0.481 e. The van der Waals surface area contributed by atoms with E-state index >= 15 is 0 Å². The lowest BCUT2D eigenvalue weighted by Crippen LogP contribution is -2.46. The first-order valence-corrected chi connectivity index (χ1v) is 6.92. The Kier molecular flexibility index (Phi) is 6.41. The first-order valence-electron chi connectivity index (χ1n) is 6.92. The van der Waals surface area contributed by atoms with E-state index in [-0.39, 0.29) is 13.0 Å². The second-order valence-electron chi connectivity index (χ2n) is 5.15. The number of carbonyl (C=O) groups is 3. The van der Waals surface area contributed by atoms with Gasteiger partial charge in [-0.25, -0.2) is 4.79 Å². The molecule has 0 spiro atoms. The number of rotatable bonds is 7. The third-order valence-corrected chi connectivity index (χ3v) is 3.74. The number of amides is 1. The summed E-state index contributed by atoms with van der Waals surface area (Å²) in [6.45, 7) is 1.74. The number of carboxylic acids is 2. The summed E-state index contributed by atoms with van der Waals surface area (Å²) in [7, 11) is 0. The van der Waals surface area contributed by atoms with Crippen LogP contribution in [0.25, 0.3) is 0 Å². The quantitative estimate of drug-likeness (QED) is 0.497. The van der Waals surface area contributed by atoms with Crippen molar-refractivity contribution in [2.24, 2.45) is 17.8 Å². The molecule has 0 radical (unpaired) electrons. The van der Waals surface area contributed by atoms with Gasteiger partial charge in [0.1, 0.15) is 0 Å². The number of nitrogens with one attached hydrogen (secondary N) is 1. The first-order chi connectivity index (χ1) is 9.92. The van der Waals surface area contributed by atoms with Gasteiger partial charge < -0.3 is 25.4 Å². The Morgan fingerprint density at radius 2 is 1.90 bits per heavy atom. The van der Waals surface area contributed by atoms with E-state index in [2.05, 4.69) is 5.32 Å². The molecular formula is C13H21NO7. The number of hydrogen-bond donors (Lipinski definition) is 4. The van der Waals surface area contributed by atoms with Crippen LogP contribution in [0.15, 0.2) is 0 Å². The highest BCUT2D eigenvalue weighted by atomic mass is 16.5. The molecule has 0 aliphatic heterocycles. The lowest BCUT2D eigenvalue weighted by molar-refractivity contribution is -0.152. The van der Waals surface area contributed by atoms with Crippen LogP contribution in [0, 0.1) is 17.8 Å². The fraction of sp³-hybridized carbons (Fsp3) is 0.769. The van der Waals surface area contributed by atoms with Crippen LogP contribution in [-0.2, 0) is 14.3 Å². The van der Waals surface area contributed by atoms with Gasteiger partial charge in [0, 0.05) is 12.5 Å². The maximum absolute atomic E-state index is 11.6. The maximum atomic E-state index is 11.6. The van der Waals surface area contributed by atoms with Crippen molar-refractivity contribution in [3.63, 3.8) is 0 Å². The Bertz CT molecular complexity index is 398. The van der Waals surface area contributed by atoms with Gasteiger partial charge in [-0.15, -0.1) is 0 Å². The van der Waals surface area contributed by atoms with Gasteiger partial charge >= 0.3 is 18.0 Å². The topological polar surface area (TPSA) is 133 Å². The molecule has 0 aromatic heterocycles. The molecule has 1 aliphatic carbocycles. The molecule has 0 heterocycles. The van der Waals surface area contributed by atoms with Crippen molar-refractivity contribution in [2.75, 3.05) is 13.2 Å². The fourth-order valence-electron chi connectivity index (χ4n) is 2.63. The van der Waals surface area contributed by atoms with E-state index in [0.717, 1.165) is 6.42 Å². The Hall–Kier alpha value is -1.83. The normalized spacial score (nSPS) is 28.1. The number of alkyl carbamates (subject to hydrolysis) is 1. The number of unbranched alkanes of at least 4 members (excludes halogenated alkanes) is 1. The second kappa shape index (κ2) is 7.82. The monoisotopic (exact) mass is 303 g/mol. The molecule has 8 heteroatoms. The average Bonchev–Trinajstić information content (AvgIpc) is 2.77. The van der Waals surface area contributed by atoms with Crippen LogP contribution in [0.1, 0.15) is 26.2 Å². The van der Waals surface area contributed by atoms with Gasteiger partial charge in [-0.05, 0) is 12.8 Å². The summed E-state index contributed by atoms with van der Waals surface area (Å²) in [5.41, 5.74) is 0. The summed E-state index contributed by atoms with van der Waals surface area (Å²) < 4.78 is 4.89. The van der Waals surface area contributed by atoms with Crippen molar-refractivity contribution in [3.8, 4) is 0 Å². The van der Waals surface area contributed by atoms with Crippen LogP contribution in [-0.4, -0.2) is 52.6 Å². The minimum absolute atomic E-state index is 0.00269. The summed E-state index contributed by atoms with van der Waals surface area (Å²) in [6.07, 6.45) is 0.739. The highest BCUT2D eigenvalue weighted by Gasteiger charge is 2.51. The van der Waals surface area contributed by atoms with E-state index in [0.29, 0.717) is 6.42 Å². The zero-order chi connectivity index (χ0) is 16.0. The number of carboxylic acid groups (broad SMARTS) is 2. The molecule has 120 valence electrons. The summed E-state index contributed by atoms with van der Waals surface area (Å²) in [6, 6.07) is -0.956. The molecule has 21 heavy (non-hydrogen) atoms. The summed E-state index contributed by atoms with van der Waals surface area (Å²) in [4.78, 5) is 34.0. The lowest BCUT2D eigenvalue weighted by atomic mass is 9.93. The number of carbonyl (C=O) groups excluding carboxylic acids is 1. The smallest absolute Gasteiger partial charge is 0.407 e. The Morgan fingerprint density at radius 1 is 1.24 bits per heavy atom. The number of aliphatic hydroxyl groups excluding tert-OH is 1. The van der Waals surface area contributed by atoms with E-state index in [1.807, 2.05) is 6.92 Å². The molecule has 1 amide bonds. The van der Waals surface area contributed by atoms with E-state index in [1.54, 1.807) is 0 Å². The number of aliphatic hydroxyl groups is 1. The molecule has 0 saturated heterocycles. The van der Waals surface area contributed by atoms with Gasteiger partial charge in [0.25, 0.3) is 0 Å². The van der Waals surface area contributed by atoms with E-state index in [4.69, 9.17) is 9.84 Å². The largest absolute Gasteiger partial charge is 0.481 e. The van der Waals surface area contributed by atoms with Crippen molar-refractivity contribution in [2.45, 2.75) is 32.2 Å². The molecular weight excluding hydrogens is 282 g/mol. The van der Waals surface area contributed by atoms with Gasteiger partial charge in [-0.2, -0.15) is 0 Å². The molecule has 1 aliphatic rings. The predicted octanol–water partition coefficient (Wildman–Crippen LogP) is 0.295. The highest BCUT2D eigenvalue weighted by Crippen LogP contribution is 2.37. The molecule has 0 bridgehead atoms. The molecule has 0 aromatic rings. The van der Waals surface area contributed by atoms with Gasteiger partial charge in [0.15, 0.2) is 0 Å². The fourth-order valence-corrected chi connectivity index (χ4v) is 2.63. The minimum atomic E-state index is -1.31. The van der Waals surface area contributed by atoms with E-state index < -0.39 is 48.4 Å². The molecule has 4 atom stereocenters. The Balaban J connectivity index is 2.77. The van der Waals surface area contributed by atoms with E-state index in [9.17, 15) is 24.6 Å². The molecule has 1 saturated carbocycles. The van der Waals surface area contributed by atoms with Crippen LogP contribution in [0.4, 0.5) is 4.79 Å². The third-order valence-electron chi connectivity index (χ3n) is 3.74. The average molecular weight is 303 g/mol. The SMILES string of the molecule is CCCCOC(=O)N[C@H]1[C@@H](CO)CC(C(=O)O)[C@@H]1C(=O)O. The molecule has 1 fully saturated rings. The number of aliphatic carboxylic acids is 2. The van der Waals surface area contributed by atoms with Gasteiger partial charge in [0.05, 0.1) is 24.5 Å². The summed E-state index contributed by atoms with van der Waals surface area (Å²) in [5.74, 6) is -5.59. The van der Waals surface area contributed by atoms with Crippen molar-refractivity contribution in [1.29, 1.82) is 0 Å². The van der Waals surface area contributed by atoms with Crippen LogP contribution < -0.4 is 5.32 Å². The van der Waals surface area contributed by atoms with Crippen LogP contribution in [0.2, 0.25) is 0 Å². The van der Waals surface area contributed by atoms with Gasteiger partial charge in [0.2, 0.25) is 0 Å². The highest BCUT2D eigenvalue weighted by molar-refractivity contribution is 5.82. The van der Waals surface area contributed by atoms with Gasteiger partial charge in [-0.1, -0.05) is 13.3 Å². The predicted molar refractivity (Wildman–Crippen MR) is 70.6 cm³/mol. The third kappa shape index (κ3) is 4.32. The van der Waals surface area contributed by atoms with Crippen LogP contribution >= 0.6 is 0 Å². The van der Waals surface area contributed by atoms with Crippen LogP contribution in [0.3, 0.4) is 0 Å². The second-order valence-corrected chi connectivity index (χ2v) is 5.15. The zero-order valence-corrected chi connectivity index (χ0v) is 11.8. The Labute approximate surface area is 122 Å². The molecule has 0 aromatic carbocycles. The van der Waals surface area contributed by atoms with Crippen molar-refractivity contribution < 1.29 is 34.4 Å². The maximum Gasteiger partial charge on any atom is 0.407 e. The number of ether oxygens (including phenoxy) is 1. The lowest BCUT2D eigenvalue weighted by Gasteiger charge is -2.23. The molecule has 8 nitrogen and oxygen atoms in total. The molecule has 4 N–H and O–H groups in total. The van der Waals surface area contributed by atoms with Crippen molar-refractivity contribution in [1.82, 2.24) is 5.32 Å². The standard InChI is InChI=1S/C13H21NO7/c1-2-3-4-21-13(20)14-10-7(6-15)5-8(11(16)17)9(10)12(18)19/h7-10,15H,2-6H2,1H3,(H,14,20)(H,16,17)(H,18,19)/t7-,8?,9+,10+/m1/s1. The zero-order valence-electron chi connectivity index (χ0n) is 11.8. The Morgan fingerprint density at radius 3 is 2.38 bits per heavy atom. The van der Waals surface area contributed by atoms with Crippen molar-refractivity contribution in [3.05, 3.63) is 0 Å². The van der Waals surface area contributed by atoms with Gasteiger partial charge in [-0.3, -0.25) is 9.59 Å². The summed E-state index contributed by atoms with van der Waals surface area (Å²) >= 11 is 0. The number of hydrogen-bond acceptors (Lipinski definition) is 5. The summed E-state index contributed by atoms with van der Waals surface area (Å²) in [5, 5.41) is 30.0. The molecule has 1 unspecified atom stereocenters. The first kappa shape index (κ1) is 17.2. The van der Waals surface area contributed by atoms with Crippen molar-refractivity contribution >= 4 is 18.0 Å². The van der Waals surface area contributed by atoms with E-state index in [1.165, 1.54) is 0 Å². The molecule has 1 rings (SSSR count).